The molecule has 2 aromatic heterocycles. The molecule has 0 amide bonds. The van der Waals surface area contributed by atoms with Gasteiger partial charge in [0, 0.05) is 10.8 Å². The van der Waals surface area contributed by atoms with Crippen LogP contribution >= 0.6 is 34.7 Å². The van der Waals surface area contributed by atoms with E-state index in [-0.39, 0.29) is 11.4 Å². The lowest BCUT2D eigenvalue weighted by Gasteiger charge is -2.12. The molecule has 0 spiro atoms. The average Bonchev–Trinajstić information content (AvgIpc) is 3.10. The van der Waals surface area contributed by atoms with Gasteiger partial charge >= 0.3 is 0 Å². The molecule has 0 saturated heterocycles. The Kier molecular flexibility index (Phi) is 4.76. The third kappa shape index (κ3) is 3.38. The smallest absolute Gasteiger partial charge is 0.267 e. The molecular weight excluding hydrogens is 393 g/mol. The molecule has 0 radical (unpaired) electrons. The normalized spacial score (nSPS) is 11.2. The van der Waals surface area contributed by atoms with Crippen LogP contribution in [0.5, 0.6) is 0 Å². The van der Waals surface area contributed by atoms with Crippen LogP contribution in [-0.2, 0) is 5.75 Å². The van der Waals surface area contributed by atoms with Crippen LogP contribution in [0.15, 0.2) is 64.0 Å². The van der Waals surface area contributed by atoms with E-state index in [4.69, 9.17) is 11.6 Å². The summed E-state index contributed by atoms with van der Waals surface area (Å²) >= 11 is 8.58. The first kappa shape index (κ1) is 17.2. The summed E-state index contributed by atoms with van der Waals surface area (Å²) in [4.78, 5) is 21.6. The fourth-order valence-electron chi connectivity index (χ4n) is 2.48. The van der Waals surface area contributed by atoms with Gasteiger partial charge in [0.25, 0.3) is 5.56 Å². The Hall–Kier alpha value is -2.22. The van der Waals surface area contributed by atoms with E-state index in [9.17, 15) is 9.18 Å². The number of nitrogens with zero attached hydrogens (tertiary/aromatic N) is 3. The first-order valence-electron chi connectivity index (χ1n) is 7.61. The van der Waals surface area contributed by atoms with Gasteiger partial charge in [-0.2, -0.15) is 0 Å². The van der Waals surface area contributed by atoms with E-state index in [1.807, 2.05) is 6.07 Å². The summed E-state index contributed by atoms with van der Waals surface area (Å²) in [5, 5.41) is 1.09. The van der Waals surface area contributed by atoms with Gasteiger partial charge in [0.1, 0.15) is 10.5 Å². The van der Waals surface area contributed by atoms with E-state index in [2.05, 4.69) is 9.97 Å². The van der Waals surface area contributed by atoms with Gasteiger partial charge in [0.2, 0.25) is 0 Å². The van der Waals surface area contributed by atoms with Crippen molar-refractivity contribution in [1.82, 2.24) is 14.5 Å². The fourth-order valence-corrected chi connectivity index (χ4v) is 4.21. The average molecular weight is 404 g/mol. The number of thioether (sulfide) groups is 1. The highest BCUT2D eigenvalue weighted by Gasteiger charge is 2.15. The molecule has 26 heavy (non-hydrogen) atoms. The highest BCUT2D eigenvalue weighted by atomic mass is 35.5. The quantitative estimate of drug-likeness (QED) is 0.358. The maximum Gasteiger partial charge on any atom is 0.278 e. The number of fused-ring (bicyclic) bond motifs is 1. The zero-order chi connectivity index (χ0) is 18.1. The molecule has 2 heterocycles. The van der Waals surface area contributed by atoms with Gasteiger partial charge in [-0.25, -0.2) is 14.4 Å². The Morgan fingerprint density at radius 2 is 2.00 bits per heavy atom. The van der Waals surface area contributed by atoms with Crippen LogP contribution in [0.1, 0.15) is 5.56 Å². The molecule has 4 aromatic rings. The monoisotopic (exact) mass is 403 g/mol. The minimum Gasteiger partial charge on any atom is -0.267 e. The van der Waals surface area contributed by atoms with Crippen molar-refractivity contribution < 1.29 is 4.39 Å². The van der Waals surface area contributed by atoms with Gasteiger partial charge in [0.05, 0.1) is 11.2 Å². The van der Waals surface area contributed by atoms with Gasteiger partial charge in [-0.05, 0) is 42.0 Å². The summed E-state index contributed by atoms with van der Waals surface area (Å²) in [6.45, 7) is 0. The highest BCUT2D eigenvalue weighted by molar-refractivity contribution is 7.98. The Morgan fingerprint density at radius 3 is 2.77 bits per heavy atom. The van der Waals surface area contributed by atoms with Crippen molar-refractivity contribution >= 4 is 45.0 Å². The van der Waals surface area contributed by atoms with Crippen molar-refractivity contribution in [2.45, 2.75) is 10.9 Å². The van der Waals surface area contributed by atoms with E-state index in [0.717, 1.165) is 5.56 Å². The second kappa shape index (κ2) is 7.19. The van der Waals surface area contributed by atoms with Crippen LogP contribution in [-0.4, -0.2) is 14.5 Å². The minimum atomic E-state index is -0.291. The number of halogens is 2. The maximum atomic E-state index is 13.4. The molecule has 0 bridgehead atoms. The summed E-state index contributed by atoms with van der Waals surface area (Å²) in [6, 6.07) is 13.4. The lowest BCUT2D eigenvalue weighted by molar-refractivity contribution is 0.626. The lowest BCUT2D eigenvalue weighted by Crippen LogP contribution is -2.21. The third-order valence-electron chi connectivity index (χ3n) is 3.68. The molecule has 130 valence electrons. The molecule has 4 rings (SSSR count). The summed E-state index contributed by atoms with van der Waals surface area (Å²) in [7, 11) is 0. The predicted molar refractivity (Wildman–Crippen MR) is 104 cm³/mol. The summed E-state index contributed by atoms with van der Waals surface area (Å²) < 4.78 is 15.4. The van der Waals surface area contributed by atoms with Crippen LogP contribution in [0.25, 0.3) is 16.0 Å². The third-order valence-corrected chi connectivity index (χ3v) is 5.75. The number of hydrogen-bond acceptors (Lipinski definition) is 5. The molecular formula is C18H11ClFN3OS2. The van der Waals surface area contributed by atoms with Crippen LogP contribution in [0.4, 0.5) is 4.39 Å². The number of rotatable bonds is 4. The van der Waals surface area contributed by atoms with E-state index < -0.39 is 0 Å². The molecule has 0 aliphatic rings. The maximum absolute atomic E-state index is 13.4. The van der Waals surface area contributed by atoms with E-state index >= 15 is 0 Å². The standard InChI is InChI=1S/C18H11ClFN3OS2/c19-12-4-6-14(7-5-12)23-17(24)15-16(21-10-26-15)22-18(23)25-9-11-2-1-3-13(20)8-11/h1-8,10H,9H2. The Morgan fingerprint density at radius 1 is 1.19 bits per heavy atom. The molecule has 8 heteroatoms. The van der Waals surface area contributed by atoms with Crippen LogP contribution in [0.3, 0.4) is 0 Å². The van der Waals surface area contributed by atoms with Gasteiger partial charge < -0.3 is 0 Å². The lowest BCUT2D eigenvalue weighted by atomic mass is 10.2. The van der Waals surface area contributed by atoms with Gasteiger partial charge in [-0.3, -0.25) is 9.36 Å². The summed E-state index contributed by atoms with van der Waals surface area (Å²) in [6.07, 6.45) is 0. The van der Waals surface area contributed by atoms with E-state index in [0.29, 0.717) is 32.0 Å². The molecule has 0 fully saturated rings. The van der Waals surface area contributed by atoms with Crippen molar-refractivity contribution in [2.75, 3.05) is 0 Å². The van der Waals surface area contributed by atoms with Crippen molar-refractivity contribution in [2.24, 2.45) is 0 Å². The highest BCUT2D eigenvalue weighted by Crippen LogP contribution is 2.26. The Bertz CT molecular complexity index is 1140. The predicted octanol–water partition coefficient (Wildman–Crippen LogP) is 4.93. The molecule has 2 aromatic carbocycles. The second-order valence-corrected chi connectivity index (χ2v) is 7.67. The topological polar surface area (TPSA) is 47.8 Å². The number of benzene rings is 2. The van der Waals surface area contributed by atoms with Crippen LogP contribution in [0.2, 0.25) is 5.02 Å². The van der Waals surface area contributed by atoms with Crippen LogP contribution in [0, 0.1) is 5.82 Å². The molecule has 0 N–H and O–H groups in total. The van der Waals surface area contributed by atoms with E-state index in [1.54, 1.807) is 40.4 Å². The first-order chi connectivity index (χ1) is 12.6. The van der Waals surface area contributed by atoms with Gasteiger partial charge in [-0.1, -0.05) is 35.5 Å². The van der Waals surface area contributed by atoms with Crippen molar-refractivity contribution in [1.29, 1.82) is 0 Å². The van der Waals surface area contributed by atoms with E-state index in [1.165, 1.54) is 35.2 Å². The molecule has 0 aliphatic carbocycles. The number of aromatic nitrogens is 3. The molecule has 0 aliphatic heterocycles. The molecule has 0 atom stereocenters. The van der Waals surface area contributed by atoms with Crippen molar-refractivity contribution in [3.63, 3.8) is 0 Å². The van der Waals surface area contributed by atoms with Gasteiger partial charge in [0.15, 0.2) is 10.8 Å². The van der Waals surface area contributed by atoms with Crippen molar-refractivity contribution in [3.05, 3.63) is 80.8 Å². The first-order valence-corrected chi connectivity index (χ1v) is 9.85. The largest absolute Gasteiger partial charge is 0.278 e. The van der Waals surface area contributed by atoms with Crippen LogP contribution < -0.4 is 5.56 Å². The summed E-state index contributed by atoms with van der Waals surface area (Å²) in [5.41, 5.74) is 3.33. The molecule has 0 saturated carbocycles. The number of thiazole rings is 1. The SMILES string of the molecule is O=c1c2scnc2nc(SCc2cccc(F)c2)n1-c1ccc(Cl)cc1. The fraction of sp³-hybridized carbons (Fsp3) is 0.0556. The minimum absolute atomic E-state index is 0.179. The number of hydrogen-bond donors (Lipinski definition) is 0. The van der Waals surface area contributed by atoms with Crippen molar-refractivity contribution in [3.8, 4) is 5.69 Å². The Labute approximate surface area is 161 Å². The molecule has 4 nitrogen and oxygen atoms in total. The second-order valence-electron chi connectivity index (χ2n) is 5.44. The zero-order valence-electron chi connectivity index (χ0n) is 13.2. The Balaban J connectivity index is 1.80. The van der Waals surface area contributed by atoms with Gasteiger partial charge in [-0.15, -0.1) is 11.3 Å². The zero-order valence-corrected chi connectivity index (χ0v) is 15.6. The molecule has 0 unspecified atom stereocenters. The summed E-state index contributed by atoms with van der Waals surface area (Å²) in [5.74, 6) is 0.189.